The Kier molecular flexibility index (Phi) is 1.12. The van der Waals surface area contributed by atoms with Gasteiger partial charge in [0.2, 0.25) is 0 Å². The average Bonchev–Trinajstić information content (AvgIpc) is 2.53. The minimum absolute atomic E-state index is 0.287. The summed E-state index contributed by atoms with van der Waals surface area (Å²) in [4.78, 5) is 11.4. The van der Waals surface area contributed by atoms with Gasteiger partial charge in [-0.05, 0) is 25.7 Å². The van der Waals surface area contributed by atoms with Gasteiger partial charge in [0.25, 0.3) is 0 Å². The molecular formula is C9H14O2. The summed E-state index contributed by atoms with van der Waals surface area (Å²) in [6, 6.07) is 0. The third-order valence-corrected chi connectivity index (χ3v) is 3.61. The van der Waals surface area contributed by atoms with Crippen LogP contribution in [0.1, 0.15) is 33.1 Å². The Morgan fingerprint density at radius 2 is 2.18 bits per heavy atom. The monoisotopic (exact) mass is 154 g/mol. The standard InChI is InChI=1S/C9H14O2/c1-6-5-9(6)7(10)3-4-8(9,2)11/h6,11H,3-5H2,1-2H3/t6-,8+,9+/m1/s1. The Labute approximate surface area is 66.6 Å². The molecule has 2 aliphatic rings. The summed E-state index contributed by atoms with van der Waals surface area (Å²) >= 11 is 0. The highest BCUT2D eigenvalue weighted by atomic mass is 16.3. The van der Waals surface area contributed by atoms with E-state index in [1.54, 1.807) is 6.92 Å². The summed E-state index contributed by atoms with van der Waals surface area (Å²) in [5.74, 6) is 0.697. The molecule has 0 aromatic carbocycles. The van der Waals surface area contributed by atoms with Gasteiger partial charge in [-0.3, -0.25) is 4.79 Å². The highest BCUT2D eigenvalue weighted by Crippen LogP contribution is 2.65. The first-order valence-corrected chi connectivity index (χ1v) is 4.26. The first kappa shape index (κ1) is 7.29. The maximum atomic E-state index is 11.4. The number of aliphatic hydroxyl groups is 1. The van der Waals surface area contributed by atoms with Crippen LogP contribution in [-0.4, -0.2) is 16.5 Å². The molecule has 2 heteroatoms. The van der Waals surface area contributed by atoms with Crippen molar-refractivity contribution < 1.29 is 9.90 Å². The molecule has 62 valence electrons. The van der Waals surface area contributed by atoms with Crippen LogP contribution in [-0.2, 0) is 4.79 Å². The maximum absolute atomic E-state index is 11.4. The molecule has 0 unspecified atom stereocenters. The second-order valence-electron chi connectivity index (χ2n) is 4.27. The van der Waals surface area contributed by atoms with E-state index in [-0.39, 0.29) is 11.2 Å². The largest absolute Gasteiger partial charge is 0.389 e. The van der Waals surface area contributed by atoms with Crippen molar-refractivity contribution in [1.29, 1.82) is 0 Å². The lowest BCUT2D eigenvalue weighted by molar-refractivity contribution is -0.127. The molecule has 3 atom stereocenters. The number of hydrogen-bond donors (Lipinski definition) is 1. The first-order valence-electron chi connectivity index (χ1n) is 4.26. The van der Waals surface area contributed by atoms with Crippen molar-refractivity contribution in [2.45, 2.75) is 38.7 Å². The molecule has 2 fully saturated rings. The van der Waals surface area contributed by atoms with Crippen molar-refractivity contribution in [1.82, 2.24) is 0 Å². The predicted octanol–water partition coefficient (Wildman–Crippen LogP) is 1.13. The maximum Gasteiger partial charge on any atom is 0.142 e. The zero-order chi connectivity index (χ0) is 8.28. The Balaban J connectivity index is 2.36. The molecule has 0 aliphatic heterocycles. The first-order chi connectivity index (χ1) is 5.01. The van der Waals surface area contributed by atoms with Gasteiger partial charge in [-0.15, -0.1) is 0 Å². The number of carbonyl (C=O) groups is 1. The summed E-state index contributed by atoms with van der Waals surface area (Å²) in [6.45, 7) is 3.86. The van der Waals surface area contributed by atoms with E-state index in [9.17, 15) is 9.90 Å². The number of hydrogen-bond acceptors (Lipinski definition) is 2. The van der Waals surface area contributed by atoms with Gasteiger partial charge < -0.3 is 5.11 Å². The van der Waals surface area contributed by atoms with Crippen LogP contribution in [0.2, 0.25) is 0 Å². The second-order valence-corrected chi connectivity index (χ2v) is 4.27. The Hall–Kier alpha value is -0.370. The van der Waals surface area contributed by atoms with Crippen LogP contribution in [0, 0.1) is 11.3 Å². The summed E-state index contributed by atoms with van der Waals surface area (Å²) in [6.07, 6.45) is 2.15. The van der Waals surface area contributed by atoms with Crippen LogP contribution in [0.3, 0.4) is 0 Å². The molecule has 11 heavy (non-hydrogen) atoms. The van der Waals surface area contributed by atoms with Crippen molar-refractivity contribution in [3.8, 4) is 0 Å². The molecule has 1 N–H and O–H groups in total. The molecule has 0 radical (unpaired) electrons. The number of ketones is 1. The van der Waals surface area contributed by atoms with Crippen molar-refractivity contribution in [3.05, 3.63) is 0 Å². The van der Waals surface area contributed by atoms with Gasteiger partial charge in [0.1, 0.15) is 5.78 Å². The fraction of sp³-hybridized carbons (Fsp3) is 0.889. The normalized spacial score (nSPS) is 55.5. The summed E-state index contributed by atoms with van der Waals surface area (Å²) in [7, 11) is 0. The fourth-order valence-electron chi connectivity index (χ4n) is 2.67. The van der Waals surface area contributed by atoms with E-state index in [0.717, 1.165) is 6.42 Å². The van der Waals surface area contributed by atoms with E-state index in [1.165, 1.54) is 0 Å². The molecule has 2 nitrogen and oxygen atoms in total. The van der Waals surface area contributed by atoms with E-state index in [2.05, 4.69) is 6.92 Å². The topological polar surface area (TPSA) is 37.3 Å². The molecule has 0 aromatic heterocycles. The highest BCUT2D eigenvalue weighted by molar-refractivity contribution is 5.91. The predicted molar refractivity (Wildman–Crippen MR) is 41.1 cm³/mol. The lowest BCUT2D eigenvalue weighted by Gasteiger charge is -2.24. The molecule has 0 amide bonds. The zero-order valence-corrected chi connectivity index (χ0v) is 7.05. The van der Waals surface area contributed by atoms with Gasteiger partial charge in [0.05, 0.1) is 11.0 Å². The number of carbonyl (C=O) groups excluding carboxylic acids is 1. The lowest BCUT2D eigenvalue weighted by Crippen LogP contribution is -2.35. The van der Waals surface area contributed by atoms with Gasteiger partial charge in [-0.2, -0.15) is 0 Å². The number of Topliss-reactive ketones (excluding diaryl/α,β-unsaturated/α-hetero) is 1. The molecule has 0 bridgehead atoms. The van der Waals surface area contributed by atoms with Crippen LogP contribution in [0.5, 0.6) is 0 Å². The van der Waals surface area contributed by atoms with E-state index < -0.39 is 5.60 Å². The van der Waals surface area contributed by atoms with Crippen molar-refractivity contribution in [2.75, 3.05) is 0 Å². The van der Waals surface area contributed by atoms with E-state index in [0.29, 0.717) is 18.8 Å². The fourth-order valence-corrected chi connectivity index (χ4v) is 2.67. The van der Waals surface area contributed by atoms with E-state index in [4.69, 9.17) is 0 Å². The van der Waals surface area contributed by atoms with E-state index >= 15 is 0 Å². The van der Waals surface area contributed by atoms with Crippen LogP contribution in [0.15, 0.2) is 0 Å². The summed E-state index contributed by atoms with van der Waals surface area (Å²) in [5, 5.41) is 9.90. The molecule has 0 saturated heterocycles. The third kappa shape index (κ3) is 0.639. The molecule has 2 saturated carbocycles. The minimum atomic E-state index is -0.705. The molecular weight excluding hydrogens is 140 g/mol. The van der Waals surface area contributed by atoms with Gasteiger partial charge >= 0.3 is 0 Å². The molecule has 2 aliphatic carbocycles. The van der Waals surface area contributed by atoms with Gasteiger partial charge in [-0.25, -0.2) is 0 Å². The molecule has 1 spiro atoms. The van der Waals surface area contributed by atoms with Crippen molar-refractivity contribution >= 4 is 5.78 Å². The van der Waals surface area contributed by atoms with Crippen LogP contribution in [0.25, 0.3) is 0 Å². The highest BCUT2D eigenvalue weighted by Gasteiger charge is 2.69. The van der Waals surface area contributed by atoms with Gasteiger partial charge in [0.15, 0.2) is 0 Å². The molecule has 2 rings (SSSR count). The number of rotatable bonds is 0. The smallest absolute Gasteiger partial charge is 0.142 e. The lowest BCUT2D eigenvalue weighted by atomic mass is 9.87. The van der Waals surface area contributed by atoms with Gasteiger partial charge in [-0.1, -0.05) is 6.92 Å². The quantitative estimate of drug-likeness (QED) is 0.568. The van der Waals surface area contributed by atoms with Gasteiger partial charge in [0, 0.05) is 6.42 Å². The van der Waals surface area contributed by atoms with Crippen LogP contribution >= 0.6 is 0 Å². The Morgan fingerprint density at radius 3 is 2.36 bits per heavy atom. The summed E-state index contributed by atoms with van der Waals surface area (Å²) < 4.78 is 0. The minimum Gasteiger partial charge on any atom is -0.389 e. The SMILES string of the molecule is C[C@@H]1C[C@@]12C(=O)CC[C@]2(C)O. The Bertz CT molecular complexity index is 220. The second kappa shape index (κ2) is 1.69. The summed E-state index contributed by atoms with van der Waals surface area (Å²) in [5.41, 5.74) is -1.03. The van der Waals surface area contributed by atoms with Crippen molar-refractivity contribution in [3.63, 3.8) is 0 Å². The molecule has 0 heterocycles. The van der Waals surface area contributed by atoms with Crippen LogP contribution in [0.4, 0.5) is 0 Å². The van der Waals surface area contributed by atoms with E-state index in [1.807, 2.05) is 0 Å². The third-order valence-electron chi connectivity index (χ3n) is 3.61. The van der Waals surface area contributed by atoms with Crippen LogP contribution < -0.4 is 0 Å². The zero-order valence-electron chi connectivity index (χ0n) is 7.05. The van der Waals surface area contributed by atoms with Crippen molar-refractivity contribution in [2.24, 2.45) is 11.3 Å². The molecule has 0 aromatic rings. The average molecular weight is 154 g/mol. The Morgan fingerprint density at radius 1 is 1.64 bits per heavy atom.